The van der Waals surface area contributed by atoms with E-state index in [1.807, 2.05) is 30.3 Å². The first-order chi connectivity index (χ1) is 16.8. The van der Waals surface area contributed by atoms with Crippen molar-refractivity contribution in [3.8, 4) is 11.3 Å². The summed E-state index contributed by atoms with van der Waals surface area (Å²) in [6, 6.07) is 15.0. The standard InChI is InChI=1S/C25H27N3O5S2/c1-3-33-24(30)22-21(18-7-5-4-6-8-18)26-25(34-22)27-23(29)19-9-11-20(12-10-19)35(31,32)28-15-13-17(2)14-16-28/h4-12,17H,3,13-16H2,1-2H3,(H,26,27,29). The first-order valence-electron chi connectivity index (χ1n) is 11.4. The van der Waals surface area contributed by atoms with Crippen LogP contribution in [0.1, 0.15) is 46.7 Å². The Morgan fingerprint density at radius 1 is 1.09 bits per heavy atom. The summed E-state index contributed by atoms with van der Waals surface area (Å²) in [4.78, 5) is 30.2. The average Bonchev–Trinajstić information content (AvgIpc) is 3.29. The van der Waals surface area contributed by atoms with Gasteiger partial charge in [0.25, 0.3) is 5.91 Å². The molecule has 0 atom stereocenters. The normalized spacial score (nSPS) is 15.0. The highest BCUT2D eigenvalue weighted by atomic mass is 32.2. The minimum absolute atomic E-state index is 0.161. The summed E-state index contributed by atoms with van der Waals surface area (Å²) in [6.45, 7) is 5.07. The number of sulfonamides is 1. The van der Waals surface area contributed by atoms with E-state index >= 15 is 0 Å². The molecule has 0 bridgehead atoms. The number of hydrogen-bond acceptors (Lipinski definition) is 7. The van der Waals surface area contributed by atoms with Crippen LogP contribution >= 0.6 is 11.3 Å². The maximum absolute atomic E-state index is 12.9. The van der Waals surface area contributed by atoms with E-state index < -0.39 is 21.9 Å². The second-order valence-electron chi connectivity index (χ2n) is 8.35. The zero-order valence-corrected chi connectivity index (χ0v) is 21.2. The lowest BCUT2D eigenvalue weighted by Gasteiger charge is -2.29. The molecule has 1 saturated heterocycles. The van der Waals surface area contributed by atoms with Gasteiger partial charge in [-0.15, -0.1) is 0 Å². The van der Waals surface area contributed by atoms with E-state index in [1.165, 1.54) is 28.6 Å². The number of thiazole rings is 1. The Hall–Kier alpha value is -3.08. The molecule has 2 heterocycles. The third-order valence-electron chi connectivity index (χ3n) is 5.85. The molecular weight excluding hydrogens is 486 g/mol. The van der Waals surface area contributed by atoms with E-state index in [1.54, 1.807) is 6.92 Å². The first-order valence-corrected chi connectivity index (χ1v) is 13.7. The molecule has 0 aliphatic carbocycles. The second kappa shape index (κ2) is 10.7. The number of esters is 1. The van der Waals surface area contributed by atoms with Crippen molar-refractivity contribution in [2.45, 2.75) is 31.6 Å². The van der Waals surface area contributed by atoms with Gasteiger partial charge in [-0.2, -0.15) is 4.31 Å². The number of carbonyl (C=O) groups excluding carboxylic acids is 2. The quantitative estimate of drug-likeness (QED) is 0.461. The highest BCUT2D eigenvalue weighted by Gasteiger charge is 2.28. The molecule has 1 amide bonds. The zero-order valence-electron chi connectivity index (χ0n) is 19.6. The lowest BCUT2D eigenvalue weighted by Crippen LogP contribution is -2.37. The van der Waals surface area contributed by atoms with Crippen LogP contribution in [0.2, 0.25) is 0 Å². The number of amides is 1. The molecule has 1 aliphatic heterocycles. The Morgan fingerprint density at radius 2 is 1.74 bits per heavy atom. The molecule has 184 valence electrons. The molecule has 8 nitrogen and oxygen atoms in total. The Bertz CT molecular complexity index is 1300. The maximum Gasteiger partial charge on any atom is 0.350 e. The summed E-state index contributed by atoms with van der Waals surface area (Å²) in [6.07, 6.45) is 1.68. The Balaban J connectivity index is 1.52. The van der Waals surface area contributed by atoms with Gasteiger partial charge in [0.1, 0.15) is 4.88 Å². The van der Waals surface area contributed by atoms with Crippen LogP contribution in [-0.4, -0.2) is 49.3 Å². The van der Waals surface area contributed by atoms with E-state index in [9.17, 15) is 18.0 Å². The summed E-state index contributed by atoms with van der Waals surface area (Å²) in [5.74, 6) is -0.444. The number of carbonyl (C=O) groups is 2. The van der Waals surface area contributed by atoms with Crippen molar-refractivity contribution in [2.24, 2.45) is 5.92 Å². The molecule has 0 saturated carbocycles. The fourth-order valence-electron chi connectivity index (χ4n) is 3.82. The number of aromatic nitrogens is 1. The van der Waals surface area contributed by atoms with Gasteiger partial charge in [0.05, 0.1) is 17.2 Å². The van der Waals surface area contributed by atoms with Crippen LogP contribution in [0, 0.1) is 5.92 Å². The van der Waals surface area contributed by atoms with Gasteiger partial charge in [-0.25, -0.2) is 18.2 Å². The van der Waals surface area contributed by atoms with E-state index in [2.05, 4.69) is 17.2 Å². The molecule has 1 aromatic heterocycles. The molecule has 1 aliphatic rings. The van der Waals surface area contributed by atoms with Crippen molar-refractivity contribution < 1.29 is 22.7 Å². The Kier molecular flexibility index (Phi) is 7.63. The minimum atomic E-state index is -3.59. The van der Waals surface area contributed by atoms with E-state index in [4.69, 9.17) is 4.74 Å². The number of ether oxygens (including phenoxy) is 1. The lowest BCUT2D eigenvalue weighted by molar-refractivity contribution is 0.0532. The van der Waals surface area contributed by atoms with Crippen LogP contribution in [0.3, 0.4) is 0 Å². The third kappa shape index (κ3) is 5.61. The van der Waals surface area contributed by atoms with Gasteiger partial charge in [-0.3, -0.25) is 10.1 Å². The monoisotopic (exact) mass is 513 g/mol. The fourth-order valence-corrected chi connectivity index (χ4v) is 6.17. The van der Waals surface area contributed by atoms with Crippen molar-refractivity contribution in [3.63, 3.8) is 0 Å². The summed E-state index contributed by atoms with van der Waals surface area (Å²) in [5.41, 5.74) is 1.45. The number of nitrogens with zero attached hydrogens (tertiary/aromatic N) is 2. The average molecular weight is 514 g/mol. The van der Waals surface area contributed by atoms with Gasteiger partial charge in [-0.1, -0.05) is 48.6 Å². The fraction of sp³-hybridized carbons (Fsp3) is 0.320. The van der Waals surface area contributed by atoms with Crippen LogP contribution in [0.15, 0.2) is 59.5 Å². The lowest BCUT2D eigenvalue weighted by atomic mass is 10.0. The molecule has 0 spiro atoms. The molecule has 3 aromatic rings. The van der Waals surface area contributed by atoms with E-state index in [0.717, 1.165) is 29.7 Å². The van der Waals surface area contributed by atoms with Crippen LogP contribution in [0.5, 0.6) is 0 Å². The van der Waals surface area contributed by atoms with Crippen LogP contribution in [0.25, 0.3) is 11.3 Å². The van der Waals surface area contributed by atoms with Gasteiger partial charge >= 0.3 is 5.97 Å². The third-order valence-corrected chi connectivity index (χ3v) is 8.72. The highest BCUT2D eigenvalue weighted by molar-refractivity contribution is 7.89. The zero-order chi connectivity index (χ0) is 25.0. The van der Waals surface area contributed by atoms with Crippen molar-refractivity contribution in [2.75, 3.05) is 25.0 Å². The highest BCUT2D eigenvalue weighted by Crippen LogP contribution is 2.32. The summed E-state index contributed by atoms with van der Waals surface area (Å²) in [5, 5.41) is 2.96. The number of piperidine rings is 1. The topological polar surface area (TPSA) is 106 Å². The predicted molar refractivity (Wildman–Crippen MR) is 135 cm³/mol. The van der Waals surface area contributed by atoms with Crippen molar-refractivity contribution >= 4 is 38.4 Å². The van der Waals surface area contributed by atoms with E-state index in [-0.39, 0.29) is 22.2 Å². The van der Waals surface area contributed by atoms with Crippen LogP contribution in [0.4, 0.5) is 5.13 Å². The number of hydrogen-bond donors (Lipinski definition) is 1. The molecule has 1 fully saturated rings. The summed E-state index contributed by atoms with van der Waals surface area (Å²) >= 11 is 1.03. The largest absolute Gasteiger partial charge is 0.462 e. The number of anilines is 1. The second-order valence-corrected chi connectivity index (χ2v) is 11.3. The van der Waals surface area contributed by atoms with Gasteiger partial charge in [0.2, 0.25) is 10.0 Å². The predicted octanol–water partition coefficient (Wildman–Crippen LogP) is 4.66. The van der Waals surface area contributed by atoms with Crippen molar-refractivity contribution in [1.29, 1.82) is 0 Å². The molecule has 1 N–H and O–H groups in total. The molecule has 0 unspecified atom stereocenters. The molecule has 4 rings (SSSR count). The minimum Gasteiger partial charge on any atom is -0.462 e. The van der Waals surface area contributed by atoms with Crippen molar-refractivity contribution in [1.82, 2.24) is 9.29 Å². The SMILES string of the molecule is CCOC(=O)c1sc(NC(=O)c2ccc(S(=O)(=O)N3CCC(C)CC3)cc2)nc1-c1ccccc1. The maximum atomic E-state index is 12.9. The van der Waals surface area contributed by atoms with Gasteiger partial charge < -0.3 is 4.74 Å². The molecule has 35 heavy (non-hydrogen) atoms. The molecule has 0 radical (unpaired) electrons. The van der Waals surface area contributed by atoms with E-state index in [0.29, 0.717) is 29.6 Å². The first kappa shape index (κ1) is 25.0. The Labute approximate surface area is 209 Å². The number of rotatable bonds is 7. The van der Waals surface area contributed by atoms with Crippen molar-refractivity contribution in [3.05, 3.63) is 65.0 Å². The molecule has 2 aromatic carbocycles. The Morgan fingerprint density at radius 3 is 2.37 bits per heavy atom. The smallest absolute Gasteiger partial charge is 0.350 e. The van der Waals surface area contributed by atoms with Crippen LogP contribution < -0.4 is 5.32 Å². The molecule has 10 heteroatoms. The van der Waals surface area contributed by atoms with Gasteiger partial charge in [-0.05, 0) is 49.9 Å². The number of benzene rings is 2. The summed E-state index contributed by atoms with van der Waals surface area (Å²) < 4.78 is 32.5. The van der Waals surface area contributed by atoms with Gasteiger partial charge in [0, 0.05) is 24.2 Å². The number of nitrogens with one attached hydrogen (secondary N) is 1. The molecular formula is C25H27N3O5S2. The van der Waals surface area contributed by atoms with Gasteiger partial charge in [0.15, 0.2) is 5.13 Å². The summed E-state index contributed by atoms with van der Waals surface area (Å²) in [7, 11) is -3.59. The van der Waals surface area contributed by atoms with Crippen LogP contribution in [-0.2, 0) is 14.8 Å².